The van der Waals surface area contributed by atoms with Crippen molar-refractivity contribution >= 4 is 35.2 Å². The van der Waals surface area contributed by atoms with Crippen LogP contribution in [0.3, 0.4) is 0 Å². The molecule has 0 N–H and O–H groups in total. The Hall–Kier alpha value is -3.25. The highest BCUT2D eigenvalue weighted by Crippen LogP contribution is 2.19. The van der Waals surface area contributed by atoms with Crippen LogP contribution >= 0.6 is 11.6 Å². The van der Waals surface area contributed by atoms with E-state index in [4.69, 9.17) is 16.3 Å². The molecule has 1 aliphatic heterocycles. The number of nitro groups is 1. The Morgan fingerprint density at radius 1 is 1.16 bits per heavy atom. The molecule has 0 fully saturated rings. The van der Waals surface area contributed by atoms with Gasteiger partial charge in [-0.3, -0.25) is 10.1 Å². The van der Waals surface area contributed by atoms with E-state index < -0.39 is 10.9 Å². The summed E-state index contributed by atoms with van der Waals surface area (Å²) in [5, 5.41) is 11.3. The Morgan fingerprint density at radius 2 is 1.96 bits per heavy atom. The average Bonchev–Trinajstić information content (AvgIpc) is 2.96. The van der Waals surface area contributed by atoms with Crippen molar-refractivity contribution in [1.29, 1.82) is 0 Å². The lowest BCUT2D eigenvalue weighted by Gasteiger charge is -1.98. The van der Waals surface area contributed by atoms with E-state index in [1.165, 1.54) is 18.2 Å². The molecule has 2 aromatic rings. The van der Waals surface area contributed by atoms with Crippen molar-refractivity contribution in [1.82, 2.24) is 0 Å². The molecule has 7 heteroatoms. The number of benzene rings is 2. The van der Waals surface area contributed by atoms with Gasteiger partial charge in [-0.05, 0) is 29.8 Å². The highest BCUT2D eigenvalue weighted by Gasteiger charge is 2.23. The van der Waals surface area contributed by atoms with Gasteiger partial charge in [-0.2, -0.15) is 0 Å². The predicted octanol–water partition coefficient (Wildman–Crippen LogP) is 4.15. The van der Waals surface area contributed by atoms with Gasteiger partial charge < -0.3 is 4.74 Å². The van der Waals surface area contributed by atoms with Crippen LogP contribution in [0, 0.1) is 10.1 Å². The second-order valence-corrected chi connectivity index (χ2v) is 5.52. The van der Waals surface area contributed by atoms with Gasteiger partial charge in [0.25, 0.3) is 5.69 Å². The number of esters is 1. The van der Waals surface area contributed by atoms with E-state index in [1.54, 1.807) is 48.6 Å². The number of hydrogen-bond donors (Lipinski definition) is 0. The molecule has 0 atom stereocenters. The van der Waals surface area contributed by atoms with Gasteiger partial charge in [0.15, 0.2) is 5.70 Å². The Balaban J connectivity index is 1.80. The molecule has 3 rings (SSSR count). The standard InChI is InChI=1S/C18H11ClN2O4/c19-14-7-3-6-13(11-14)17-20-16(18(22)25-17)9-2-5-12-4-1-8-15(10-12)21(23)24/h1-11H/b5-2-,16-9-. The lowest BCUT2D eigenvalue weighted by Crippen LogP contribution is -2.05. The quantitative estimate of drug-likeness (QED) is 0.357. The number of nitro benzene ring substituents is 1. The van der Waals surface area contributed by atoms with E-state index in [9.17, 15) is 14.9 Å². The largest absolute Gasteiger partial charge is 0.402 e. The monoisotopic (exact) mass is 354 g/mol. The minimum atomic E-state index is -0.571. The number of ether oxygens (including phenoxy) is 1. The lowest BCUT2D eigenvalue weighted by molar-refractivity contribution is -0.384. The summed E-state index contributed by atoms with van der Waals surface area (Å²) >= 11 is 5.91. The van der Waals surface area contributed by atoms with Crippen molar-refractivity contribution in [3.63, 3.8) is 0 Å². The minimum Gasteiger partial charge on any atom is -0.402 e. The molecule has 0 unspecified atom stereocenters. The van der Waals surface area contributed by atoms with Crippen LogP contribution in [0.5, 0.6) is 0 Å². The fraction of sp³-hybridized carbons (Fsp3) is 0. The first kappa shape index (κ1) is 16.6. The van der Waals surface area contributed by atoms with Crippen molar-refractivity contribution in [3.05, 3.63) is 92.6 Å². The van der Waals surface area contributed by atoms with E-state index in [1.807, 2.05) is 0 Å². The third kappa shape index (κ3) is 3.99. The topological polar surface area (TPSA) is 81.8 Å². The van der Waals surface area contributed by atoms with Gasteiger partial charge in [-0.25, -0.2) is 9.79 Å². The Bertz CT molecular complexity index is 948. The fourth-order valence-electron chi connectivity index (χ4n) is 2.16. The molecule has 6 nitrogen and oxygen atoms in total. The summed E-state index contributed by atoms with van der Waals surface area (Å²) in [6, 6.07) is 13.0. The molecule has 0 saturated carbocycles. The maximum atomic E-state index is 11.9. The van der Waals surface area contributed by atoms with Crippen LogP contribution in [0.2, 0.25) is 5.02 Å². The van der Waals surface area contributed by atoms with Crippen LogP contribution in [0.15, 0.2) is 71.4 Å². The molecular weight excluding hydrogens is 344 g/mol. The molecule has 0 spiro atoms. The van der Waals surface area contributed by atoms with Gasteiger partial charge in [0.05, 0.1) is 4.92 Å². The summed E-state index contributed by atoms with van der Waals surface area (Å²) in [7, 11) is 0. The van der Waals surface area contributed by atoms with Gasteiger partial charge in [-0.1, -0.05) is 42.0 Å². The molecule has 0 bridgehead atoms. The van der Waals surface area contributed by atoms with Crippen LogP contribution < -0.4 is 0 Å². The zero-order chi connectivity index (χ0) is 17.8. The molecular formula is C18H11ClN2O4. The van der Waals surface area contributed by atoms with Crippen molar-refractivity contribution in [2.45, 2.75) is 0 Å². The second-order valence-electron chi connectivity index (χ2n) is 5.08. The molecule has 1 aliphatic rings. The van der Waals surface area contributed by atoms with E-state index >= 15 is 0 Å². The number of aliphatic imine (C=N–C) groups is 1. The normalized spacial score (nSPS) is 15.5. The maximum Gasteiger partial charge on any atom is 0.363 e. The summed E-state index contributed by atoms with van der Waals surface area (Å²) in [6.07, 6.45) is 4.71. The molecule has 0 aliphatic carbocycles. The number of hydrogen-bond acceptors (Lipinski definition) is 5. The first-order chi connectivity index (χ1) is 12.0. The van der Waals surface area contributed by atoms with Gasteiger partial charge in [0, 0.05) is 22.7 Å². The molecule has 0 aromatic heterocycles. The van der Waals surface area contributed by atoms with Gasteiger partial charge in [-0.15, -0.1) is 0 Å². The number of carbonyl (C=O) groups excluding carboxylic acids is 1. The smallest absolute Gasteiger partial charge is 0.363 e. The van der Waals surface area contributed by atoms with E-state index in [0.29, 0.717) is 16.1 Å². The van der Waals surface area contributed by atoms with Crippen LogP contribution in [0.4, 0.5) is 5.69 Å². The van der Waals surface area contributed by atoms with Crippen molar-refractivity contribution in [2.75, 3.05) is 0 Å². The van der Waals surface area contributed by atoms with Gasteiger partial charge in [0.2, 0.25) is 5.90 Å². The number of nitrogens with zero attached hydrogens (tertiary/aromatic N) is 2. The first-order valence-corrected chi connectivity index (χ1v) is 7.60. The SMILES string of the molecule is O=C1OC(c2cccc(Cl)c2)=N/C1=C\C=C/c1cccc([N+](=O)[O-])c1. The maximum absolute atomic E-state index is 11.9. The van der Waals surface area contributed by atoms with Gasteiger partial charge >= 0.3 is 5.97 Å². The average molecular weight is 355 g/mol. The summed E-state index contributed by atoms with van der Waals surface area (Å²) < 4.78 is 5.13. The first-order valence-electron chi connectivity index (χ1n) is 7.22. The number of cyclic esters (lactones) is 1. The second kappa shape index (κ2) is 7.11. The summed E-state index contributed by atoms with van der Waals surface area (Å²) in [4.78, 5) is 26.3. The highest BCUT2D eigenvalue weighted by molar-refractivity contribution is 6.31. The Morgan fingerprint density at radius 3 is 2.72 bits per heavy atom. The van der Waals surface area contributed by atoms with E-state index in [0.717, 1.165) is 0 Å². The molecule has 0 amide bonds. The molecule has 0 radical (unpaired) electrons. The molecule has 124 valence electrons. The zero-order valence-corrected chi connectivity index (χ0v) is 13.5. The predicted molar refractivity (Wildman–Crippen MR) is 94.3 cm³/mol. The number of carbonyl (C=O) groups is 1. The third-order valence-electron chi connectivity index (χ3n) is 3.32. The Kier molecular flexibility index (Phi) is 4.72. The zero-order valence-electron chi connectivity index (χ0n) is 12.8. The van der Waals surface area contributed by atoms with Crippen LogP contribution in [0.1, 0.15) is 11.1 Å². The van der Waals surface area contributed by atoms with Gasteiger partial charge in [0.1, 0.15) is 0 Å². The van der Waals surface area contributed by atoms with Crippen molar-refractivity contribution < 1.29 is 14.5 Å². The van der Waals surface area contributed by atoms with E-state index in [-0.39, 0.29) is 17.3 Å². The summed E-state index contributed by atoms with van der Waals surface area (Å²) in [6.45, 7) is 0. The summed E-state index contributed by atoms with van der Waals surface area (Å²) in [5.74, 6) is -0.388. The number of allylic oxidation sites excluding steroid dienone is 2. The number of non-ortho nitro benzene ring substituents is 1. The van der Waals surface area contributed by atoms with E-state index in [2.05, 4.69) is 4.99 Å². The number of rotatable bonds is 4. The summed E-state index contributed by atoms with van der Waals surface area (Å²) in [5.41, 5.74) is 1.37. The van der Waals surface area contributed by atoms with Crippen molar-refractivity contribution in [2.24, 2.45) is 4.99 Å². The molecule has 25 heavy (non-hydrogen) atoms. The van der Waals surface area contributed by atoms with Crippen LogP contribution in [0.25, 0.3) is 6.08 Å². The minimum absolute atomic E-state index is 0.00339. The third-order valence-corrected chi connectivity index (χ3v) is 3.55. The molecule has 1 heterocycles. The fourth-order valence-corrected chi connectivity index (χ4v) is 2.35. The molecule has 2 aromatic carbocycles. The van der Waals surface area contributed by atoms with Crippen LogP contribution in [-0.2, 0) is 9.53 Å². The highest BCUT2D eigenvalue weighted by atomic mass is 35.5. The lowest BCUT2D eigenvalue weighted by atomic mass is 10.2. The molecule has 0 saturated heterocycles. The van der Waals surface area contributed by atoms with Crippen molar-refractivity contribution in [3.8, 4) is 0 Å². The number of halogens is 1. The Labute approximate surface area is 147 Å². The van der Waals surface area contributed by atoms with Crippen LogP contribution in [-0.4, -0.2) is 16.8 Å².